The third-order valence-corrected chi connectivity index (χ3v) is 3.53. The molecule has 0 bridgehead atoms. The van der Waals surface area contributed by atoms with Gasteiger partial charge in [-0.1, -0.05) is 6.58 Å². The molecule has 10 heteroatoms. The SMILES string of the molecule is C=C1[C@@H](NC(C)=O)[C@@H](OC(C)=O)[C@H](OS(C)(=O)=O)[C@@H]1OC(C)=O. The zero-order chi connectivity index (χ0) is 17.9. The molecule has 1 fully saturated rings. The number of esters is 2. The average molecular weight is 349 g/mol. The van der Waals surface area contributed by atoms with E-state index in [4.69, 9.17) is 13.7 Å². The molecule has 9 nitrogen and oxygen atoms in total. The first-order valence-electron chi connectivity index (χ1n) is 6.61. The number of carbonyl (C=O) groups excluding carboxylic acids is 3. The largest absolute Gasteiger partial charge is 0.457 e. The molecule has 130 valence electrons. The van der Waals surface area contributed by atoms with Gasteiger partial charge in [0.25, 0.3) is 10.1 Å². The van der Waals surface area contributed by atoms with Crippen LogP contribution in [-0.2, 0) is 38.2 Å². The molecule has 4 atom stereocenters. The quantitative estimate of drug-likeness (QED) is 0.391. The smallest absolute Gasteiger partial charge is 0.303 e. The molecule has 0 spiro atoms. The molecule has 0 aliphatic heterocycles. The third-order valence-electron chi connectivity index (χ3n) is 2.96. The van der Waals surface area contributed by atoms with E-state index in [-0.39, 0.29) is 5.57 Å². The number of carbonyl (C=O) groups is 3. The minimum atomic E-state index is -3.96. The zero-order valence-electron chi connectivity index (χ0n) is 13.2. The van der Waals surface area contributed by atoms with E-state index < -0.39 is 52.3 Å². The predicted octanol–water partition coefficient (Wildman–Crippen LogP) is -0.731. The van der Waals surface area contributed by atoms with Crippen molar-refractivity contribution < 1.29 is 36.5 Å². The summed E-state index contributed by atoms with van der Waals surface area (Å²) in [6.07, 6.45) is -2.94. The molecule has 1 N–H and O–H groups in total. The molecular weight excluding hydrogens is 330 g/mol. The summed E-state index contributed by atoms with van der Waals surface area (Å²) in [6.45, 7) is 7.17. The van der Waals surface area contributed by atoms with E-state index in [1.807, 2.05) is 0 Å². The number of ether oxygens (including phenoxy) is 2. The first kappa shape index (κ1) is 19.1. The van der Waals surface area contributed by atoms with Gasteiger partial charge in [-0.3, -0.25) is 18.6 Å². The number of amides is 1. The fraction of sp³-hybridized carbons (Fsp3) is 0.615. The van der Waals surface area contributed by atoms with Crippen LogP contribution in [0, 0.1) is 0 Å². The van der Waals surface area contributed by atoms with E-state index in [9.17, 15) is 22.8 Å². The van der Waals surface area contributed by atoms with Gasteiger partial charge in [0.2, 0.25) is 5.91 Å². The molecule has 23 heavy (non-hydrogen) atoms. The van der Waals surface area contributed by atoms with Crippen molar-refractivity contribution in [1.82, 2.24) is 5.32 Å². The van der Waals surface area contributed by atoms with Gasteiger partial charge < -0.3 is 14.8 Å². The molecule has 0 aromatic carbocycles. The van der Waals surface area contributed by atoms with Crippen LogP contribution in [-0.4, -0.2) is 56.9 Å². The average Bonchev–Trinajstić information content (AvgIpc) is 2.53. The fourth-order valence-corrected chi connectivity index (χ4v) is 2.92. The molecule has 1 aliphatic carbocycles. The van der Waals surface area contributed by atoms with Crippen molar-refractivity contribution in [2.24, 2.45) is 0 Å². The fourth-order valence-electron chi connectivity index (χ4n) is 2.31. The molecule has 0 unspecified atom stereocenters. The van der Waals surface area contributed by atoms with Gasteiger partial charge in [0.15, 0.2) is 18.3 Å². The van der Waals surface area contributed by atoms with Crippen LogP contribution in [0.3, 0.4) is 0 Å². The summed E-state index contributed by atoms with van der Waals surface area (Å²) in [4.78, 5) is 33.9. The van der Waals surface area contributed by atoms with Gasteiger partial charge in [0.1, 0.15) is 0 Å². The topological polar surface area (TPSA) is 125 Å². The number of nitrogens with one attached hydrogen (secondary N) is 1. The molecule has 1 amide bonds. The Labute approximate surface area is 134 Å². The van der Waals surface area contributed by atoms with Crippen LogP contribution in [0.25, 0.3) is 0 Å². The molecule has 0 radical (unpaired) electrons. The Morgan fingerprint density at radius 1 is 1.04 bits per heavy atom. The van der Waals surface area contributed by atoms with Crippen LogP contribution in [0.5, 0.6) is 0 Å². The molecule has 1 saturated carbocycles. The molecule has 0 saturated heterocycles. The minimum absolute atomic E-state index is 0.162. The molecule has 0 aromatic heterocycles. The standard InChI is InChI=1S/C13H19NO8S/c1-6-10(14-7(2)15)12(21-9(4)17)13(22-23(5,18)19)11(6)20-8(3)16/h10-13H,1H2,2-5H3,(H,14,15)/t10-,11-,12-,13-/m1/s1. The van der Waals surface area contributed by atoms with E-state index in [1.54, 1.807) is 0 Å². The maximum absolute atomic E-state index is 11.5. The number of rotatable bonds is 5. The van der Waals surface area contributed by atoms with Crippen molar-refractivity contribution in [3.05, 3.63) is 12.2 Å². The van der Waals surface area contributed by atoms with E-state index in [0.717, 1.165) is 20.1 Å². The van der Waals surface area contributed by atoms with Gasteiger partial charge >= 0.3 is 11.9 Å². The lowest BCUT2D eigenvalue weighted by Crippen LogP contribution is -2.46. The monoisotopic (exact) mass is 349 g/mol. The lowest BCUT2D eigenvalue weighted by Gasteiger charge is -2.24. The summed E-state index contributed by atoms with van der Waals surface area (Å²) in [7, 11) is -3.96. The highest BCUT2D eigenvalue weighted by atomic mass is 32.2. The highest BCUT2D eigenvalue weighted by Crippen LogP contribution is 2.33. The van der Waals surface area contributed by atoms with E-state index in [1.165, 1.54) is 6.92 Å². The van der Waals surface area contributed by atoms with Crippen molar-refractivity contribution >= 4 is 28.0 Å². The Bertz CT molecular complexity index is 626. The summed E-state index contributed by atoms with van der Waals surface area (Å²) in [6, 6.07) is -0.951. The minimum Gasteiger partial charge on any atom is -0.457 e. The highest BCUT2D eigenvalue weighted by molar-refractivity contribution is 7.86. The Hall–Kier alpha value is -1.94. The Morgan fingerprint density at radius 2 is 1.57 bits per heavy atom. The van der Waals surface area contributed by atoms with Gasteiger partial charge in [-0.2, -0.15) is 8.42 Å². The second-order valence-corrected chi connectivity index (χ2v) is 6.72. The van der Waals surface area contributed by atoms with Gasteiger partial charge in [0, 0.05) is 20.8 Å². The Morgan fingerprint density at radius 3 is 1.96 bits per heavy atom. The second kappa shape index (κ2) is 7.09. The number of hydrogen-bond acceptors (Lipinski definition) is 8. The predicted molar refractivity (Wildman–Crippen MR) is 77.6 cm³/mol. The first-order chi connectivity index (χ1) is 10.4. The van der Waals surface area contributed by atoms with Crippen LogP contribution in [0.1, 0.15) is 20.8 Å². The molecule has 1 rings (SSSR count). The van der Waals surface area contributed by atoms with E-state index in [2.05, 4.69) is 11.9 Å². The molecule has 0 heterocycles. The van der Waals surface area contributed by atoms with E-state index in [0.29, 0.717) is 0 Å². The molecule has 1 aliphatic rings. The second-order valence-electron chi connectivity index (χ2n) is 5.12. The number of hydrogen-bond donors (Lipinski definition) is 1. The summed E-state index contributed by atoms with van der Waals surface area (Å²) in [5.74, 6) is -1.89. The van der Waals surface area contributed by atoms with Crippen LogP contribution in [0.15, 0.2) is 12.2 Å². The van der Waals surface area contributed by atoms with Crippen molar-refractivity contribution in [1.29, 1.82) is 0 Å². The van der Waals surface area contributed by atoms with Crippen molar-refractivity contribution in [3.63, 3.8) is 0 Å². The summed E-state index contributed by atoms with van der Waals surface area (Å²) in [5.41, 5.74) is 0.162. The lowest BCUT2D eigenvalue weighted by atomic mass is 10.1. The van der Waals surface area contributed by atoms with Crippen LogP contribution < -0.4 is 5.32 Å². The van der Waals surface area contributed by atoms with Crippen LogP contribution >= 0.6 is 0 Å². The van der Waals surface area contributed by atoms with Gasteiger partial charge in [0.05, 0.1) is 12.3 Å². The normalized spacial score (nSPS) is 27.4. The molecular formula is C13H19NO8S. The van der Waals surface area contributed by atoms with Crippen molar-refractivity contribution in [3.8, 4) is 0 Å². The Balaban J connectivity index is 3.26. The Kier molecular flexibility index (Phi) is 5.89. The van der Waals surface area contributed by atoms with Crippen molar-refractivity contribution in [2.45, 2.75) is 45.1 Å². The summed E-state index contributed by atoms with van der Waals surface area (Å²) < 4.78 is 37.9. The zero-order valence-corrected chi connectivity index (χ0v) is 14.0. The van der Waals surface area contributed by atoms with Gasteiger partial charge in [-0.05, 0) is 5.57 Å². The maximum Gasteiger partial charge on any atom is 0.303 e. The lowest BCUT2D eigenvalue weighted by molar-refractivity contribution is -0.157. The van der Waals surface area contributed by atoms with Crippen LogP contribution in [0.4, 0.5) is 0 Å². The summed E-state index contributed by atoms with van der Waals surface area (Å²) >= 11 is 0. The summed E-state index contributed by atoms with van der Waals surface area (Å²) in [5, 5.41) is 2.48. The van der Waals surface area contributed by atoms with Gasteiger partial charge in [-0.15, -0.1) is 0 Å². The molecule has 0 aromatic rings. The van der Waals surface area contributed by atoms with Crippen LogP contribution in [0.2, 0.25) is 0 Å². The highest BCUT2D eigenvalue weighted by Gasteiger charge is 2.53. The maximum atomic E-state index is 11.5. The first-order valence-corrected chi connectivity index (χ1v) is 8.42. The van der Waals surface area contributed by atoms with E-state index >= 15 is 0 Å². The van der Waals surface area contributed by atoms with Crippen molar-refractivity contribution in [2.75, 3.05) is 6.26 Å². The third kappa shape index (κ3) is 5.32. The van der Waals surface area contributed by atoms with Gasteiger partial charge in [-0.25, -0.2) is 0 Å².